The predicted molar refractivity (Wildman–Crippen MR) is 101 cm³/mol. The highest BCUT2D eigenvalue weighted by atomic mass is 35.5. The number of ether oxygens (including phenoxy) is 2. The van der Waals surface area contributed by atoms with Crippen molar-refractivity contribution in [1.82, 2.24) is 9.97 Å². The normalized spacial score (nSPS) is 10.5. The molecule has 1 aromatic heterocycles. The molecule has 8 heteroatoms. The van der Waals surface area contributed by atoms with Crippen LogP contribution in [0.25, 0.3) is 0 Å². The van der Waals surface area contributed by atoms with Crippen molar-refractivity contribution < 1.29 is 14.4 Å². The van der Waals surface area contributed by atoms with Gasteiger partial charge in [0.1, 0.15) is 17.8 Å². The van der Waals surface area contributed by atoms with Gasteiger partial charge in [-0.2, -0.15) is 9.97 Å². The molecule has 0 bridgehead atoms. The van der Waals surface area contributed by atoms with Gasteiger partial charge in [-0.15, -0.1) is 0 Å². The van der Waals surface area contributed by atoms with Crippen molar-refractivity contribution in [3.05, 3.63) is 74.6 Å². The third-order valence-corrected chi connectivity index (χ3v) is 4.40. The number of hydrogen-bond donors (Lipinski definition) is 0. The number of aryl methyl sites for hydroxylation is 3. The Morgan fingerprint density at radius 1 is 0.889 bits per heavy atom. The zero-order valence-corrected chi connectivity index (χ0v) is 15.6. The van der Waals surface area contributed by atoms with E-state index in [0.29, 0.717) is 16.5 Å². The first kappa shape index (κ1) is 18.6. The molecule has 27 heavy (non-hydrogen) atoms. The number of rotatable bonds is 5. The van der Waals surface area contributed by atoms with E-state index < -0.39 is 10.6 Å². The van der Waals surface area contributed by atoms with E-state index in [1.165, 1.54) is 0 Å². The van der Waals surface area contributed by atoms with Crippen LogP contribution in [0.5, 0.6) is 23.3 Å². The highest BCUT2D eigenvalue weighted by molar-refractivity contribution is 6.31. The van der Waals surface area contributed by atoms with Crippen molar-refractivity contribution in [3.63, 3.8) is 0 Å². The van der Waals surface area contributed by atoms with Crippen LogP contribution < -0.4 is 9.47 Å². The van der Waals surface area contributed by atoms with Crippen LogP contribution in [-0.2, 0) is 0 Å². The molecule has 3 aromatic rings. The third kappa shape index (κ3) is 4.15. The van der Waals surface area contributed by atoms with E-state index in [4.69, 9.17) is 21.1 Å². The highest BCUT2D eigenvalue weighted by Gasteiger charge is 2.27. The van der Waals surface area contributed by atoms with Gasteiger partial charge in [0.2, 0.25) is 0 Å². The van der Waals surface area contributed by atoms with Crippen LogP contribution in [-0.4, -0.2) is 14.9 Å². The first-order valence-corrected chi connectivity index (χ1v) is 8.41. The lowest BCUT2D eigenvalue weighted by molar-refractivity contribution is -0.387. The average Bonchev–Trinajstić information content (AvgIpc) is 2.61. The molecule has 1 heterocycles. The number of halogens is 1. The number of nitrogens with zero attached hydrogens (tertiary/aromatic N) is 3. The molecule has 0 saturated heterocycles. The van der Waals surface area contributed by atoms with Crippen molar-refractivity contribution >= 4 is 17.3 Å². The zero-order chi connectivity index (χ0) is 19.6. The maximum Gasteiger partial charge on any atom is 0.393 e. The molecule has 3 rings (SSSR count). The molecule has 138 valence electrons. The molecule has 0 radical (unpaired) electrons. The number of aromatic nitrogens is 2. The van der Waals surface area contributed by atoms with Crippen LogP contribution in [0, 0.1) is 30.9 Å². The topological polar surface area (TPSA) is 87.4 Å². The summed E-state index contributed by atoms with van der Waals surface area (Å²) in [5, 5.41) is 12.2. The third-order valence-electron chi connectivity index (χ3n) is 3.97. The molecule has 0 atom stereocenters. The van der Waals surface area contributed by atoms with Crippen molar-refractivity contribution in [3.8, 4) is 23.3 Å². The summed E-state index contributed by atoms with van der Waals surface area (Å²) >= 11 is 6.00. The Bertz CT molecular complexity index is 952. The van der Waals surface area contributed by atoms with E-state index in [-0.39, 0.29) is 11.8 Å². The zero-order valence-electron chi connectivity index (χ0n) is 14.9. The van der Waals surface area contributed by atoms with Crippen molar-refractivity contribution in [1.29, 1.82) is 0 Å². The maximum absolute atomic E-state index is 11.6. The summed E-state index contributed by atoms with van der Waals surface area (Å²) in [5.41, 5.74) is 2.40. The lowest BCUT2D eigenvalue weighted by atomic mass is 10.1. The van der Waals surface area contributed by atoms with Gasteiger partial charge in [-0.1, -0.05) is 17.7 Å². The molecule has 0 aliphatic heterocycles. The lowest BCUT2D eigenvalue weighted by Crippen LogP contribution is -2.01. The molecule has 0 amide bonds. The number of hydrogen-bond acceptors (Lipinski definition) is 6. The minimum absolute atomic E-state index is 0.195. The van der Waals surface area contributed by atoms with Crippen molar-refractivity contribution in [2.45, 2.75) is 20.8 Å². The lowest BCUT2D eigenvalue weighted by Gasteiger charge is -2.10. The minimum Gasteiger partial charge on any atom is -0.433 e. The van der Waals surface area contributed by atoms with Crippen LogP contribution in [0.15, 0.2) is 42.7 Å². The van der Waals surface area contributed by atoms with Crippen molar-refractivity contribution in [2.24, 2.45) is 0 Å². The van der Waals surface area contributed by atoms with Crippen LogP contribution >= 0.6 is 11.6 Å². The number of nitro groups is 1. The standard InChI is InChI=1S/C19H16ClN3O4/c1-11-4-5-14(8-12(11)2)26-18-17(23(24)25)19(22-10-21-18)27-15-6-7-16(20)13(3)9-15/h4-10H,1-3H3. The van der Waals surface area contributed by atoms with Crippen LogP contribution in [0.2, 0.25) is 5.02 Å². The fourth-order valence-corrected chi connectivity index (χ4v) is 2.45. The van der Waals surface area contributed by atoms with Gasteiger partial charge < -0.3 is 9.47 Å². The molecule has 7 nitrogen and oxygen atoms in total. The Kier molecular flexibility index (Phi) is 5.23. The summed E-state index contributed by atoms with van der Waals surface area (Å²) in [5.74, 6) is 0.401. The highest BCUT2D eigenvalue weighted by Crippen LogP contribution is 2.38. The Morgan fingerprint density at radius 3 is 1.96 bits per heavy atom. The number of benzene rings is 2. The predicted octanol–water partition coefficient (Wildman–Crippen LogP) is 5.55. The molecule has 0 N–H and O–H groups in total. The van der Waals surface area contributed by atoms with Gasteiger partial charge in [-0.3, -0.25) is 10.1 Å². The Morgan fingerprint density at radius 2 is 1.44 bits per heavy atom. The fraction of sp³-hybridized carbons (Fsp3) is 0.158. The molecule has 0 saturated carbocycles. The van der Waals surface area contributed by atoms with Gasteiger partial charge in [-0.25, -0.2) is 0 Å². The SMILES string of the molecule is Cc1ccc(Oc2ncnc(Oc3ccc(Cl)c(C)c3)c2[N+](=O)[O-])cc1C. The Labute approximate surface area is 160 Å². The van der Waals surface area contributed by atoms with E-state index in [2.05, 4.69) is 9.97 Å². The average molecular weight is 386 g/mol. The first-order valence-electron chi connectivity index (χ1n) is 8.03. The van der Waals surface area contributed by atoms with Crippen LogP contribution in [0.3, 0.4) is 0 Å². The molecule has 0 fully saturated rings. The van der Waals surface area contributed by atoms with E-state index in [1.807, 2.05) is 19.9 Å². The Hall–Kier alpha value is -3.19. The Balaban J connectivity index is 1.97. The minimum atomic E-state index is -0.630. The molecule has 0 spiro atoms. The fourth-order valence-electron chi connectivity index (χ4n) is 2.33. The van der Waals surface area contributed by atoms with E-state index in [9.17, 15) is 10.1 Å². The molecular weight excluding hydrogens is 370 g/mol. The van der Waals surface area contributed by atoms with E-state index in [0.717, 1.165) is 23.0 Å². The largest absolute Gasteiger partial charge is 0.433 e. The molecule has 0 aliphatic rings. The van der Waals surface area contributed by atoms with Gasteiger partial charge >= 0.3 is 17.4 Å². The first-order chi connectivity index (χ1) is 12.8. The van der Waals surface area contributed by atoms with Gasteiger partial charge in [0.05, 0.1) is 4.92 Å². The summed E-state index contributed by atoms with van der Waals surface area (Å²) in [6, 6.07) is 10.3. The van der Waals surface area contributed by atoms with Crippen LogP contribution in [0.1, 0.15) is 16.7 Å². The smallest absolute Gasteiger partial charge is 0.393 e. The summed E-state index contributed by atoms with van der Waals surface area (Å²) in [7, 11) is 0. The monoisotopic (exact) mass is 385 g/mol. The second-order valence-corrected chi connectivity index (χ2v) is 6.36. The van der Waals surface area contributed by atoms with Crippen LogP contribution in [0.4, 0.5) is 5.69 Å². The maximum atomic E-state index is 11.6. The van der Waals surface area contributed by atoms with E-state index in [1.54, 1.807) is 37.3 Å². The van der Waals surface area contributed by atoms with Gasteiger partial charge in [0.25, 0.3) is 0 Å². The summed E-state index contributed by atoms with van der Waals surface area (Å²) in [6.07, 6.45) is 1.15. The van der Waals surface area contributed by atoms with Gasteiger partial charge in [-0.05, 0) is 67.8 Å². The molecule has 0 unspecified atom stereocenters. The molecular formula is C19H16ClN3O4. The second kappa shape index (κ2) is 7.59. The quantitative estimate of drug-likeness (QED) is 0.422. The summed E-state index contributed by atoms with van der Waals surface area (Å²) in [4.78, 5) is 18.8. The molecule has 0 aliphatic carbocycles. The van der Waals surface area contributed by atoms with Crippen molar-refractivity contribution in [2.75, 3.05) is 0 Å². The second-order valence-electron chi connectivity index (χ2n) is 5.95. The van der Waals surface area contributed by atoms with Gasteiger partial charge in [0, 0.05) is 5.02 Å². The summed E-state index contributed by atoms with van der Waals surface area (Å²) < 4.78 is 11.2. The van der Waals surface area contributed by atoms with Gasteiger partial charge in [0.15, 0.2) is 0 Å². The molecule has 2 aromatic carbocycles. The van der Waals surface area contributed by atoms with E-state index >= 15 is 0 Å². The summed E-state index contributed by atoms with van der Waals surface area (Å²) in [6.45, 7) is 5.69.